The van der Waals surface area contributed by atoms with Crippen molar-refractivity contribution in [2.75, 3.05) is 51.5 Å². The average Bonchev–Trinajstić information content (AvgIpc) is 3.24. The molecular formula is C26H28F4N6O2S. The van der Waals surface area contributed by atoms with Gasteiger partial charge in [-0.2, -0.15) is 18.3 Å². The second kappa shape index (κ2) is 12.0. The van der Waals surface area contributed by atoms with E-state index in [0.717, 1.165) is 0 Å². The molecule has 0 saturated carbocycles. The van der Waals surface area contributed by atoms with Crippen LogP contribution in [0.1, 0.15) is 22.5 Å². The lowest BCUT2D eigenvalue weighted by Gasteiger charge is -2.33. The lowest BCUT2D eigenvalue weighted by molar-refractivity contribution is -0.0327. The molecule has 2 unspecified atom stereocenters. The predicted molar refractivity (Wildman–Crippen MR) is 143 cm³/mol. The van der Waals surface area contributed by atoms with E-state index in [-0.39, 0.29) is 46.9 Å². The number of likely N-dealkylation sites (tertiary alicyclic amines) is 1. The van der Waals surface area contributed by atoms with Crippen molar-refractivity contribution < 1.29 is 27.1 Å². The minimum Gasteiger partial charge on any atom is -0.495 e. The number of thioether (sulfide) groups is 1. The second-order valence-electron chi connectivity index (χ2n) is 8.90. The van der Waals surface area contributed by atoms with Gasteiger partial charge in [-0.25, -0.2) is 8.91 Å². The van der Waals surface area contributed by atoms with Crippen LogP contribution in [0.2, 0.25) is 0 Å². The largest absolute Gasteiger partial charge is 0.495 e. The Morgan fingerprint density at radius 2 is 2.08 bits per heavy atom. The van der Waals surface area contributed by atoms with Gasteiger partial charge in [0.25, 0.3) is 5.91 Å². The maximum Gasteiger partial charge on any atom is 0.446 e. The van der Waals surface area contributed by atoms with Gasteiger partial charge in [0, 0.05) is 25.7 Å². The summed E-state index contributed by atoms with van der Waals surface area (Å²) in [6.07, 6.45) is -0.586. The summed E-state index contributed by atoms with van der Waals surface area (Å²) in [4.78, 5) is 13.6. The first kappa shape index (κ1) is 28.4. The number of hydrogen-bond acceptors (Lipinski definition) is 7. The topological polar surface area (TPSA) is 82.9 Å². The fourth-order valence-corrected chi connectivity index (χ4v) is 4.93. The fraction of sp³-hybridized carbons (Fsp3) is 0.385. The summed E-state index contributed by atoms with van der Waals surface area (Å²) in [7, 11) is 4.82. The van der Waals surface area contributed by atoms with Gasteiger partial charge in [-0.05, 0) is 61.5 Å². The van der Waals surface area contributed by atoms with Gasteiger partial charge in [0.05, 0.1) is 35.8 Å². The number of rotatable bonds is 7. The first-order chi connectivity index (χ1) is 18.6. The van der Waals surface area contributed by atoms with Crippen LogP contribution in [-0.2, 0) is 0 Å². The van der Waals surface area contributed by atoms with Gasteiger partial charge >= 0.3 is 5.51 Å². The van der Waals surface area contributed by atoms with Gasteiger partial charge in [0.1, 0.15) is 23.4 Å². The van der Waals surface area contributed by atoms with E-state index in [4.69, 9.17) is 4.74 Å². The number of carbonyl (C=O) groups excluding carboxylic acids is 1. The van der Waals surface area contributed by atoms with E-state index in [1.165, 1.54) is 24.7 Å². The Morgan fingerprint density at radius 1 is 1.28 bits per heavy atom. The van der Waals surface area contributed by atoms with Crippen molar-refractivity contribution >= 4 is 34.7 Å². The minimum atomic E-state index is -4.56. The number of carbonyl (C=O) groups is 1. The summed E-state index contributed by atoms with van der Waals surface area (Å²) < 4.78 is 61.6. The number of alkyl halides is 4. The van der Waals surface area contributed by atoms with Gasteiger partial charge in [-0.15, -0.1) is 0 Å². The van der Waals surface area contributed by atoms with E-state index >= 15 is 0 Å². The van der Waals surface area contributed by atoms with Crippen molar-refractivity contribution in [1.29, 1.82) is 0 Å². The summed E-state index contributed by atoms with van der Waals surface area (Å²) in [5.41, 5.74) is -3.41. The third-order valence-corrected chi connectivity index (χ3v) is 7.01. The summed E-state index contributed by atoms with van der Waals surface area (Å²) in [6, 6.07) is 9.12. The maximum atomic E-state index is 14.6. The third kappa shape index (κ3) is 6.88. The summed E-state index contributed by atoms with van der Waals surface area (Å²) >= 11 is -0.287. The van der Waals surface area contributed by atoms with Gasteiger partial charge in [-0.3, -0.25) is 4.79 Å². The van der Waals surface area contributed by atoms with Crippen molar-refractivity contribution in [3.63, 3.8) is 0 Å². The Bertz CT molecular complexity index is 1400. The number of nitrogens with one attached hydrogen (secondary N) is 3. The van der Waals surface area contributed by atoms with E-state index < -0.39 is 17.7 Å². The summed E-state index contributed by atoms with van der Waals surface area (Å²) in [5, 5.41) is 13.0. The number of hydrogen-bond donors (Lipinski definition) is 3. The number of piperidine rings is 1. The Morgan fingerprint density at radius 3 is 2.77 bits per heavy atom. The van der Waals surface area contributed by atoms with Gasteiger partial charge in [-0.1, -0.05) is 12.0 Å². The number of nitrogens with zero attached hydrogens (tertiary/aromatic N) is 3. The van der Waals surface area contributed by atoms with E-state index in [1.807, 2.05) is 11.9 Å². The molecule has 2 atom stereocenters. The van der Waals surface area contributed by atoms with Crippen LogP contribution in [0.15, 0.2) is 41.3 Å². The molecule has 1 aromatic carbocycles. The normalized spacial score (nSPS) is 17.8. The summed E-state index contributed by atoms with van der Waals surface area (Å²) in [6.45, 7) is 1.04. The van der Waals surface area contributed by atoms with Gasteiger partial charge < -0.3 is 25.6 Å². The molecule has 1 amide bonds. The van der Waals surface area contributed by atoms with Crippen LogP contribution in [0.25, 0.3) is 5.52 Å². The molecule has 1 fully saturated rings. The van der Waals surface area contributed by atoms with E-state index in [9.17, 15) is 22.4 Å². The molecule has 8 nitrogen and oxygen atoms in total. The van der Waals surface area contributed by atoms with Crippen molar-refractivity contribution in [1.82, 2.24) is 19.8 Å². The van der Waals surface area contributed by atoms with E-state index in [1.54, 1.807) is 30.3 Å². The highest BCUT2D eigenvalue weighted by Crippen LogP contribution is 2.41. The molecule has 0 aliphatic carbocycles. The molecule has 0 bridgehead atoms. The first-order valence-corrected chi connectivity index (χ1v) is 12.9. The highest BCUT2D eigenvalue weighted by Gasteiger charge is 2.33. The Labute approximate surface area is 227 Å². The Hall–Kier alpha value is -3.63. The molecule has 0 spiro atoms. The van der Waals surface area contributed by atoms with Crippen LogP contribution in [0.4, 0.5) is 29.1 Å². The SMILES string of the molecule is CNC(=O)c1ccc(NCC#Cc2nn3c(NC4CCN(C)CC4F)cccc3c2SC(F)(F)F)c(OC)c1. The number of anilines is 2. The van der Waals surface area contributed by atoms with Gasteiger partial charge in [0.2, 0.25) is 0 Å². The molecule has 13 heteroatoms. The van der Waals surface area contributed by atoms with Crippen molar-refractivity contribution in [3.05, 3.63) is 47.7 Å². The zero-order valence-corrected chi connectivity index (χ0v) is 22.3. The maximum absolute atomic E-state index is 14.6. The molecule has 3 heterocycles. The molecule has 4 rings (SSSR count). The van der Waals surface area contributed by atoms with Crippen molar-refractivity contribution in [3.8, 4) is 17.6 Å². The number of methoxy groups -OCH3 is 1. The third-order valence-electron chi connectivity index (χ3n) is 6.17. The molecule has 0 radical (unpaired) electrons. The molecule has 39 heavy (non-hydrogen) atoms. The number of aromatic nitrogens is 2. The quantitative estimate of drug-likeness (QED) is 0.225. The zero-order chi connectivity index (χ0) is 28.2. The Kier molecular flexibility index (Phi) is 8.76. The molecule has 3 N–H and O–H groups in total. The molecule has 3 aromatic rings. The van der Waals surface area contributed by atoms with Crippen molar-refractivity contribution in [2.45, 2.75) is 29.0 Å². The molecule has 2 aromatic heterocycles. The van der Waals surface area contributed by atoms with Crippen LogP contribution in [0.3, 0.4) is 0 Å². The van der Waals surface area contributed by atoms with E-state index in [2.05, 4.69) is 32.9 Å². The smallest absolute Gasteiger partial charge is 0.446 e. The molecule has 1 aliphatic rings. The number of ether oxygens (including phenoxy) is 1. The lowest BCUT2D eigenvalue weighted by Crippen LogP contribution is -2.46. The fourth-order valence-electron chi connectivity index (χ4n) is 4.25. The van der Waals surface area contributed by atoms with Gasteiger partial charge in [0.15, 0.2) is 0 Å². The zero-order valence-electron chi connectivity index (χ0n) is 21.5. The van der Waals surface area contributed by atoms with Crippen LogP contribution in [0.5, 0.6) is 5.75 Å². The number of pyridine rings is 1. The molecule has 1 aliphatic heterocycles. The number of fused-ring (bicyclic) bond motifs is 1. The number of benzene rings is 1. The highest BCUT2D eigenvalue weighted by molar-refractivity contribution is 8.00. The van der Waals surface area contributed by atoms with E-state index in [0.29, 0.717) is 35.8 Å². The number of halogens is 4. The second-order valence-corrected chi connectivity index (χ2v) is 9.98. The molecular weight excluding hydrogens is 536 g/mol. The molecule has 208 valence electrons. The molecule has 1 saturated heterocycles. The van der Waals surface area contributed by atoms with Crippen LogP contribution in [0, 0.1) is 11.8 Å². The standard InChI is InChI=1S/C26H28F4N6O2S/c1-31-25(37)16-9-10-19(22(14-16)38-3)32-12-5-6-20-24(39-26(28,29)30)21-7-4-8-23(36(21)34-20)33-18-11-13-35(2)15-17(18)27/h4,7-10,14,17-18,32-33H,11-13,15H2,1-3H3,(H,31,37). The minimum absolute atomic E-state index is 0.0459. The monoisotopic (exact) mass is 564 g/mol. The predicted octanol–water partition coefficient (Wildman–Crippen LogP) is 4.23. The number of amides is 1. The van der Waals surface area contributed by atoms with Crippen LogP contribution in [-0.4, -0.2) is 79.0 Å². The van der Waals surface area contributed by atoms with Crippen LogP contribution < -0.4 is 20.7 Å². The van der Waals surface area contributed by atoms with Crippen molar-refractivity contribution in [2.24, 2.45) is 0 Å². The Balaban J connectivity index is 1.59. The first-order valence-electron chi connectivity index (χ1n) is 12.1. The van der Waals surface area contributed by atoms with Crippen LogP contribution >= 0.6 is 11.8 Å². The highest BCUT2D eigenvalue weighted by atomic mass is 32.2. The summed E-state index contributed by atoms with van der Waals surface area (Å²) in [5.74, 6) is 6.08. The lowest BCUT2D eigenvalue weighted by atomic mass is 10.0. The average molecular weight is 565 g/mol.